The highest BCUT2D eigenvalue weighted by Gasteiger charge is 2.46. The van der Waals surface area contributed by atoms with E-state index in [0.29, 0.717) is 11.5 Å². The number of hydrogen-bond acceptors (Lipinski definition) is 7. The minimum Gasteiger partial charge on any atom is -0.497 e. The number of amides is 1. The second-order valence-corrected chi connectivity index (χ2v) is 5.23. The molecule has 4 N–H and O–H groups in total. The highest BCUT2D eigenvalue weighted by Crippen LogP contribution is 2.26. The van der Waals surface area contributed by atoms with Crippen molar-refractivity contribution in [3.63, 3.8) is 0 Å². The molecule has 0 unspecified atom stereocenters. The first-order valence-corrected chi connectivity index (χ1v) is 7.16. The predicted octanol–water partition coefficient (Wildman–Crippen LogP) is -0.982. The number of nitrogens with one attached hydrogen (secondary N) is 1. The Morgan fingerprint density at radius 3 is 2.61 bits per heavy atom. The third-order valence-electron chi connectivity index (χ3n) is 3.54. The molecule has 8 heteroatoms. The van der Waals surface area contributed by atoms with Crippen LogP contribution in [0.25, 0.3) is 0 Å². The van der Waals surface area contributed by atoms with Gasteiger partial charge in [0.15, 0.2) is 0 Å². The molecule has 5 atom stereocenters. The minimum absolute atomic E-state index is 0.394. The Kier molecular flexibility index (Phi) is 5.78. The van der Waals surface area contributed by atoms with Crippen LogP contribution < -0.4 is 14.8 Å². The number of ether oxygens (including phenoxy) is 3. The predicted molar refractivity (Wildman–Crippen MR) is 79.0 cm³/mol. The average molecular weight is 327 g/mol. The fraction of sp³-hybridized carbons (Fsp3) is 0.533. The molecule has 1 amide bonds. The molecule has 1 aromatic rings. The largest absolute Gasteiger partial charge is 0.497 e. The van der Waals surface area contributed by atoms with Crippen LogP contribution in [0.2, 0.25) is 0 Å². The van der Waals surface area contributed by atoms with Crippen LogP contribution in [0.3, 0.4) is 0 Å². The number of hydrogen-bond donors (Lipinski definition) is 4. The van der Waals surface area contributed by atoms with Crippen molar-refractivity contribution in [2.24, 2.45) is 0 Å². The minimum atomic E-state index is -1.35. The lowest BCUT2D eigenvalue weighted by molar-refractivity contribution is -0.244. The second kappa shape index (κ2) is 7.60. The van der Waals surface area contributed by atoms with Crippen LogP contribution in [0.15, 0.2) is 24.3 Å². The van der Waals surface area contributed by atoms with E-state index >= 15 is 0 Å². The van der Waals surface area contributed by atoms with Gasteiger partial charge in [-0.05, 0) is 12.1 Å². The van der Waals surface area contributed by atoms with Gasteiger partial charge in [0.2, 0.25) is 12.2 Å². The lowest BCUT2D eigenvalue weighted by Gasteiger charge is -2.42. The van der Waals surface area contributed by atoms with E-state index in [1.807, 2.05) is 0 Å². The summed E-state index contributed by atoms with van der Waals surface area (Å²) in [6, 6.07) is 5.71. The molecular formula is C15H21NO7. The van der Waals surface area contributed by atoms with Crippen molar-refractivity contribution in [1.82, 2.24) is 5.32 Å². The molecule has 1 aliphatic heterocycles. The molecule has 1 saturated heterocycles. The van der Waals surface area contributed by atoms with E-state index in [2.05, 4.69) is 5.32 Å². The Hall–Kier alpha value is -1.87. The lowest BCUT2D eigenvalue weighted by Crippen LogP contribution is -2.65. The first kappa shape index (κ1) is 17.5. The Morgan fingerprint density at radius 2 is 2.00 bits per heavy atom. The van der Waals surface area contributed by atoms with Gasteiger partial charge in [-0.25, -0.2) is 0 Å². The number of aliphatic hydroxyl groups is 3. The van der Waals surface area contributed by atoms with Crippen molar-refractivity contribution in [2.75, 3.05) is 13.7 Å². The first-order valence-electron chi connectivity index (χ1n) is 7.16. The summed E-state index contributed by atoms with van der Waals surface area (Å²) in [5.41, 5.74) is 0. The van der Waals surface area contributed by atoms with Crippen LogP contribution >= 0.6 is 0 Å². The second-order valence-electron chi connectivity index (χ2n) is 5.23. The van der Waals surface area contributed by atoms with Gasteiger partial charge < -0.3 is 34.8 Å². The van der Waals surface area contributed by atoms with Gasteiger partial charge in [-0.15, -0.1) is 0 Å². The zero-order chi connectivity index (χ0) is 17.0. The Labute approximate surface area is 133 Å². The molecule has 8 nitrogen and oxygen atoms in total. The summed E-state index contributed by atoms with van der Waals surface area (Å²) >= 11 is 0. The molecule has 0 aromatic heterocycles. The van der Waals surface area contributed by atoms with Gasteiger partial charge in [-0.2, -0.15) is 0 Å². The van der Waals surface area contributed by atoms with Crippen molar-refractivity contribution in [3.8, 4) is 11.5 Å². The van der Waals surface area contributed by atoms with Crippen molar-refractivity contribution in [2.45, 2.75) is 37.6 Å². The molecule has 0 aliphatic carbocycles. The summed E-state index contributed by atoms with van der Waals surface area (Å²) in [7, 11) is 1.51. The fourth-order valence-electron chi connectivity index (χ4n) is 2.38. The fourth-order valence-corrected chi connectivity index (χ4v) is 2.38. The quantitative estimate of drug-likeness (QED) is 0.549. The lowest BCUT2D eigenvalue weighted by atomic mass is 9.97. The molecule has 0 spiro atoms. The van der Waals surface area contributed by atoms with Crippen LogP contribution in [0.5, 0.6) is 11.5 Å². The van der Waals surface area contributed by atoms with Crippen molar-refractivity contribution in [1.29, 1.82) is 0 Å². The maximum absolute atomic E-state index is 11.3. The monoisotopic (exact) mass is 327 g/mol. The molecule has 1 fully saturated rings. The smallest absolute Gasteiger partial charge is 0.223 e. The number of benzene rings is 1. The summed E-state index contributed by atoms with van der Waals surface area (Å²) in [5.74, 6) is 0.546. The third-order valence-corrected chi connectivity index (χ3v) is 3.54. The molecule has 2 rings (SSSR count). The summed E-state index contributed by atoms with van der Waals surface area (Å²) in [5, 5.41) is 31.8. The maximum atomic E-state index is 11.3. The normalized spacial score (nSPS) is 30.6. The number of aliphatic hydroxyl groups excluding tert-OH is 3. The van der Waals surface area contributed by atoms with Gasteiger partial charge in [-0.3, -0.25) is 4.79 Å². The van der Waals surface area contributed by atoms with E-state index in [0.717, 1.165) is 0 Å². The van der Waals surface area contributed by atoms with Crippen LogP contribution in [-0.4, -0.2) is 65.6 Å². The standard InChI is InChI=1S/C15H21NO7/c1-8(18)16-12-14(20)13(19)11(7-17)23-15(12)22-10-5-3-4-9(6-10)21-2/h3-6,11-15,17,19-20H,7H2,1-2H3,(H,16,18)/t11-,12-,13+,14+,15-/m1/s1. The SMILES string of the molecule is COc1cccc(O[C@@H]2O[C@H](CO)[C@H](O)[C@@H](O)[C@H]2NC(C)=O)c1. The van der Waals surface area contributed by atoms with Gasteiger partial charge >= 0.3 is 0 Å². The van der Waals surface area contributed by atoms with E-state index in [4.69, 9.17) is 14.2 Å². The summed E-state index contributed by atoms with van der Waals surface area (Å²) < 4.78 is 16.2. The van der Waals surface area contributed by atoms with Crippen LogP contribution in [0, 0.1) is 0 Å². The van der Waals surface area contributed by atoms with E-state index in [1.165, 1.54) is 14.0 Å². The molecule has 1 heterocycles. The van der Waals surface area contributed by atoms with E-state index in [1.54, 1.807) is 24.3 Å². The van der Waals surface area contributed by atoms with Crippen LogP contribution in [0.1, 0.15) is 6.92 Å². The van der Waals surface area contributed by atoms with Crippen LogP contribution in [-0.2, 0) is 9.53 Å². The average Bonchev–Trinajstić information content (AvgIpc) is 2.54. The summed E-state index contributed by atoms with van der Waals surface area (Å²) in [6.45, 7) is 0.781. The number of methoxy groups -OCH3 is 1. The van der Waals surface area contributed by atoms with Crippen molar-refractivity contribution < 1.29 is 34.3 Å². The molecule has 0 bridgehead atoms. The van der Waals surface area contributed by atoms with Gasteiger partial charge in [0.1, 0.15) is 35.9 Å². The van der Waals surface area contributed by atoms with Gasteiger partial charge in [0, 0.05) is 13.0 Å². The zero-order valence-corrected chi connectivity index (χ0v) is 12.9. The summed E-state index contributed by atoms with van der Waals surface area (Å²) in [4.78, 5) is 11.3. The van der Waals surface area contributed by atoms with Gasteiger partial charge in [0.05, 0.1) is 13.7 Å². The van der Waals surface area contributed by atoms with E-state index in [9.17, 15) is 20.1 Å². The molecule has 128 valence electrons. The molecule has 0 radical (unpaired) electrons. The van der Waals surface area contributed by atoms with Crippen molar-refractivity contribution in [3.05, 3.63) is 24.3 Å². The molecule has 1 aromatic carbocycles. The highest BCUT2D eigenvalue weighted by atomic mass is 16.7. The molecule has 0 saturated carbocycles. The number of carbonyl (C=O) groups is 1. The Bertz CT molecular complexity index is 538. The van der Waals surface area contributed by atoms with Crippen molar-refractivity contribution >= 4 is 5.91 Å². The first-order chi connectivity index (χ1) is 11.0. The topological polar surface area (TPSA) is 117 Å². The van der Waals surface area contributed by atoms with Gasteiger partial charge in [0.25, 0.3) is 0 Å². The third kappa shape index (κ3) is 4.11. The van der Waals surface area contributed by atoms with E-state index < -0.39 is 43.2 Å². The number of rotatable bonds is 5. The number of carbonyl (C=O) groups excluding carboxylic acids is 1. The molecule has 23 heavy (non-hydrogen) atoms. The highest BCUT2D eigenvalue weighted by molar-refractivity contribution is 5.73. The van der Waals surface area contributed by atoms with E-state index in [-0.39, 0.29) is 0 Å². The Morgan fingerprint density at radius 1 is 1.30 bits per heavy atom. The van der Waals surface area contributed by atoms with Crippen LogP contribution in [0.4, 0.5) is 0 Å². The Balaban J connectivity index is 2.21. The molecule has 1 aliphatic rings. The van der Waals surface area contributed by atoms with Gasteiger partial charge in [-0.1, -0.05) is 6.07 Å². The maximum Gasteiger partial charge on any atom is 0.223 e. The zero-order valence-electron chi connectivity index (χ0n) is 12.9. The molecular weight excluding hydrogens is 306 g/mol. The summed E-state index contributed by atoms with van der Waals surface area (Å²) in [6.07, 6.45) is -4.80.